The third-order valence-corrected chi connectivity index (χ3v) is 3.45. The Morgan fingerprint density at radius 1 is 1.43 bits per heavy atom. The molecule has 14 heavy (non-hydrogen) atoms. The Morgan fingerprint density at radius 2 is 2.21 bits per heavy atom. The summed E-state index contributed by atoms with van der Waals surface area (Å²) in [6.45, 7) is 1.09. The second-order valence-corrected chi connectivity index (χ2v) is 4.62. The van der Waals surface area contributed by atoms with Crippen molar-refractivity contribution in [1.29, 1.82) is 0 Å². The molecule has 1 saturated carbocycles. The Hall–Kier alpha value is -0.570. The zero-order valence-corrected chi connectivity index (χ0v) is 9.76. The Bertz CT molecular complexity index is 295. The van der Waals surface area contributed by atoms with Gasteiger partial charge in [-0.15, -0.1) is 0 Å². The Balaban J connectivity index is 1.88. The van der Waals surface area contributed by atoms with Gasteiger partial charge in [-0.25, -0.2) is 4.98 Å². The highest BCUT2D eigenvalue weighted by molar-refractivity contribution is 9.10. The molecule has 1 N–H and O–H groups in total. The summed E-state index contributed by atoms with van der Waals surface area (Å²) in [4.78, 5) is 4.18. The first kappa shape index (κ1) is 9.97. The first-order valence-electron chi connectivity index (χ1n) is 5.20. The first-order chi connectivity index (χ1) is 6.86. The molecule has 1 aromatic heterocycles. The van der Waals surface area contributed by atoms with Gasteiger partial charge in [0.25, 0.3) is 0 Å². The molecule has 0 bridgehead atoms. The Morgan fingerprint density at radius 3 is 2.93 bits per heavy atom. The molecule has 2 nitrogen and oxygen atoms in total. The standard InChI is InChI=1S/C11H15BrN2/c12-11-10(6-3-7-13-11)14-8-9-4-1-2-5-9/h3,6-7,9,14H,1-2,4-5,8H2. The second-order valence-electron chi connectivity index (χ2n) is 3.87. The van der Waals surface area contributed by atoms with Gasteiger partial charge >= 0.3 is 0 Å². The highest BCUT2D eigenvalue weighted by atomic mass is 79.9. The number of hydrogen-bond acceptors (Lipinski definition) is 2. The van der Waals surface area contributed by atoms with Crippen LogP contribution >= 0.6 is 15.9 Å². The van der Waals surface area contributed by atoms with E-state index in [-0.39, 0.29) is 0 Å². The molecule has 0 spiro atoms. The maximum Gasteiger partial charge on any atom is 0.129 e. The molecule has 3 heteroatoms. The minimum Gasteiger partial charge on any atom is -0.383 e. The van der Waals surface area contributed by atoms with Crippen LogP contribution in [-0.2, 0) is 0 Å². The summed E-state index contributed by atoms with van der Waals surface area (Å²) in [6, 6.07) is 4.02. The van der Waals surface area contributed by atoms with Crippen molar-refractivity contribution in [3.63, 3.8) is 0 Å². The highest BCUT2D eigenvalue weighted by Crippen LogP contribution is 2.26. The van der Waals surface area contributed by atoms with E-state index in [4.69, 9.17) is 0 Å². The maximum atomic E-state index is 4.18. The van der Waals surface area contributed by atoms with Gasteiger partial charge in [0, 0.05) is 12.7 Å². The summed E-state index contributed by atoms with van der Waals surface area (Å²) in [6.07, 6.45) is 7.36. The molecular weight excluding hydrogens is 240 g/mol. The third kappa shape index (κ3) is 2.47. The number of hydrogen-bond donors (Lipinski definition) is 1. The number of pyridine rings is 1. The molecule has 1 fully saturated rings. The van der Waals surface area contributed by atoms with Gasteiger partial charge in [0.1, 0.15) is 4.60 Å². The predicted molar refractivity (Wildman–Crippen MR) is 62.4 cm³/mol. The SMILES string of the molecule is Brc1ncccc1NCC1CCCC1. The number of halogens is 1. The van der Waals surface area contributed by atoms with Crippen molar-refractivity contribution in [2.75, 3.05) is 11.9 Å². The summed E-state index contributed by atoms with van der Waals surface area (Å²) in [5, 5.41) is 3.45. The van der Waals surface area contributed by atoms with Crippen LogP contribution in [0.3, 0.4) is 0 Å². The molecule has 0 amide bonds. The lowest BCUT2D eigenvalue weighted by Gasteiger charge is -2.12. The Labute approximate surface area is 93.3 Å². The van der Waals surface area contributed by atoms with E-state index in [2.05, 4.69) is 32.3 Å². The van der Waals surface area contributed by atoms with Crippen LogP contribution in [0.2, 0.25) is 0 Å². The van der Waals surface area contributed by atoms with Crippen molar-refractivity contribution < 1.29 is 0 Å². The monoisotopic (exact) mass is 254 g/mol. The summed E-state index contributed by atoms with van der Waals surface area (Å²) in [5.41, 5.74) is 1.11. The lowest BCUT2D eigenvalue weighted by atomic mass is 10.1. The quantitative estimate of drug-likeness (QED) is 0.837. The molecule has 1 aromatic rings. The fourth-order valence-corrected chi connectivity index (χ4v) is 2.38. The van der Waals surface area contributed by atoms with Crippen LogP contribution in [0, 0.1) is 5.92 Å². The van der Waals surface area contributed by atoms with E-state index in [1.54, 1.807) is 6.20 Å². The number of anilines is 1. The number of nitrogens with zero attached hydrogens (tertiary/aromatic N) is 1. The predicted octanol–water partition coefficient (Wildman–Crippen LogP) is 3.45. The van der Waals surface area contributed by atoms with Gasteiger partial charge in [0.2, 0.25) is 0 Å². The van der Waals surface area contributed by atoms with Crippen molar-refractivity contribution >= 4 is 21.6 Å². The molecule has 0 aromatic carbocycles. The van der Waals surface area contributed by atoms with Crippen LogP contribution in [0.15, 0.2) is 22.9 Å². The van der Waals surface area contributed by atoms with E-state index in [0.717, 1.165) is 22.8 Å². The normalized spacial score (nSPS) is 17.2. The van der Waals surface area contributed by atoms with Crippen molar-refractivity contribution in [3.05, 3.63) is 22.9 Å². The van der Waals surface area contributed by atoms with E-state index < -0.39 is 0 Å². The van der Waals surface area contributed by atoms with Gasteiger partial charge in [-0.3, -0.25) is 0 Å². The van der Waals surface area contributed by atoms with Crippen LogP contribution in [-0.4, -0.2) is 11.5 Å². The van der Waals surface area contributed by atoms with Crippen LogP contribution in [0.5, 0.6) is 0 Å². The van der Waals surface area contributed by atoms with E-state index in [1.807, 2.05) is 6.07 Å². The molecule has 0 unspecified atom stereocenters. The molecule has 1 aliphatic carbocycles. The number of aromatic nitrogens is 1. The van der Waals surface area contributed by atoms with Crippen molar-refractivity contribution in [2.45, 2.75) is 25.7 Å². The molecule has 0 atom stereocenters. The summed E-state index contributed by atoms with van der Waals surface area (Å²) < 4.78 is 0.915. The third-order valence-electron chi connectivity index (χ3n) is 2.82. The zero-order chi connectivity index (χ0) is 9.80. The van der Waals surface area contributed by atoms with Crippen LogP contribution in [0.25, 0.3) is 0 Å². The summed E-state index contributed by atoms with van der Waals surface area (Å²) in [7, 11) is 0. The minimum atomic E-state index is 0.863. The van der Waals surface area contributed by atoms with E-state index >= 15 is 0 Å². The average molecular weight is 255 g/mol. The van der Waals surface area contributed by atoms with Crippen LogP contribution in [0.1, 0.15) is 25.7 Å². The van der Waals surface area contributed by atoms with Gasteiger partial charge < -0.3 is 5.32 Å². The van der Waals surface area contributed by atoms with E-state index in [0.29, 0.717) is 0 Å². The van der Waals surface area contributed by atoms with Gasteiger partial charge in [0.05, 0.1) is 5.69 Å². The lowest BCUT2D eigenvalue weighted by molar-refractivity contribution is 0.579. The molecular formula is C11H15BrN2. The molecule has 0 saturated heterocycles. The lowest BCUT2D eigenvalue weighted by Crippen LogP contribution is -2.11. The second kappa shape index (κ2) is 4.78. The highest BCUT2D eigenvalue weighted by Gasteiger charge is 2.14. The molecule has 1 aliphatic rings. The fraction of sp³-hybridized carbons (Fsp3) is 0.545. The van der Waals surface area contributed by atoms with Crippen LogP contribution < -0.4 is 5.32 Å². The maximum absolute atomic E-state index is 4.18. The Kier molecular flexibility index (Phi) is 3.40. The largest absolute Gasteiger partial charge is 0.383 e. The number of nitrogens with one attached hydrogen (secondary N) is 1. The van der Waals surface area contributed by atoms with Gasteiger partial charge in [0.15, 0.2) is 0 Å². The van der Waals surface area contributed by atoms with Gasteiger partial charge in [-0.1, -0.05) is 12.8 Å². The molecule has 0 radical (unpaired) electrons. The van der Waals surface area contributed by atoms with Gasteiger partial charge in [-0.05, 0) is 46.8 Å². The summed E-state index contributed by atoms with van der Waals surface area (Å²) in [5.74, 6) is 0.863. The van der Waals surface area contributed by atoms with E-state index in [1.165, 1.54) is 25.7 Å². The van der Waals surface area contributed by atoms with Crippen molar-refractivity contribution in [2.24, 2.45) is 5.92 Å². The average Bonchev–Trinajstić information content (AvgIpc) is 2.69. The first-order valence-corrected chi connectivity index (χ1v) is 6.00. The van der Waals surface area contributed by atoms with Crippen molar-refractivity contribution in [1.82, 2.24) is 4.98 Å². The van der Waals surface area contributed by atoms with Crippen LogP contribution in [0.4, 0.5) is 5.69 Å². The minimum absolute atomic E-state index is 0.863. The summed E-state index contributed by atoms with van der Waals surface area (Å²) >= 11 is 3.43. The van der Waals surface area contributed by atoms with E-state index in [9.17, 15) is 0 Å². The smallest absolute Gasteiger partial charge is 0.129 e. The topological polar surface area (TPSA) is 24.9 Å². The molecule has 2 rings (SSSR count). The fourth-order valence-electron chi connectivity index (χ4n) is 1.99. The van der Waals surface area contributed by atoms with Gasteiger partial charge in [-0.2, -0.15) is 0 Å². The molecule has 76 valence electrons. The van der Waals surface area contributed by atoms with Crippen molar-refractivity contribution in [3.8, 4) is 0 Å². The molecule has 0 aliphatic heterocycles. The zero-order valence-electron chi connectivity index (χ0n) is 8.17. The molecule has 1 heterocycles. The number of rotatable bonds is 3.